The Labute approximate surface area is 127 Å². The largest absolute Gasteiger partial charge is 0.399 e. The first-order valence-electron chi connectivity index (χ1n) is 7.96. The van der Waals surface area contributed by atoms with Gasteiger partial charge in [-0.1, -0.05) is 6.42 Å². The van der Waals surface area contributed by atoms with E-state index in [9.17, 15) is 4.79 Å². The van der Waals surface area contributed by atoms with Gasteiger partial charge in [0.05, 0.1) is 0 Å². The number of nitrogens with one attached hydrogen (secondary N) is 1. The summed E-state index contributed by atoms with van der Waals surface area (Å²) in [7, 11) is 0. The third kappa shape index (κ3) is 4.46. The number of hydrogen-bond acceptors (Lipinski definition) is 3. The van der Waals surface area contributed by atoms with Crippen LogP contribution in [0.4, 0.5) is 5.69 Å². The minimum absolute atomic E-state index is 0.00945. The van der Waals surface area contributed by atoms with Crippen LogP contribution >= 0.6 is 0 Å². The van der Waals surface area contributed by atoms with E-state index in [-0.39, 0.29) is 5.91 Å². The van der Waals surface area contributed by atoms with Gasteiger partial charge in [0.1, 0.15) is 0 Å². The standard InChI is InChI=1S/C17H27N3O/c1-13-12-15(7-8-16(13)18)17(21)19-9-5-11-20-10-4-3-6-14(20)2/h7-8,12,14H,3-6,9-11,18H2,1-2H3,(H,19,21). The Hall–Kier alpha value is -1.55. The molecular weight excluding hydrogens is 262 g/mol. The van der Waals surface area contributed by atoms with Gasteiger partial charge >= 0.3 is 0 Å². The lowest BCUT2D eigenvalue weighted by atomic mass is 10.0. The Bertz CT molecular complexity index is 487. The first-order valence-corrected chi connectivity index (χ1v) is 7.96. The fourth-order valence-corrected chi connectivity index (χ4v) is 2.89. The van der Waals surface area contributed by atoms with Crippen LogP contribution in [0.2, 0.25) is 0 Å². The zero-order chi connectivity index (χ0) is 15.2. The number of likely N-dealkylation sites (tertiary alicyclic amines) is 1. The number of carbonyl (C=O) groups is 1. The Morgan fingerprint density at radius 3 is 2.95 bits per heavy atom. The second-order valence-electron chi connectivity index (χ2n) is 6.06. The number of hydrogen-bond donors (Lipinski definition) is 2. The van der Waals surface area contributed by atoms with E-state index in [2.05, 4.69) is 17.1 Å². The van der Waals surface area contributed by atoms with E-state index >= 15 is 0 Å². The van der Waals surface area contributed by atoms with E-state index in [0.29, 0.717) is 11.6 Å². The van der Waals surface area contributed by atoms with Crippen molar-refractivity contribution in [2.45, 2.75) is 45.6 Å². The molecule has 1 fully saturated rings. The molecule has 116 valence electrons. The molecule has 0 radical (unpaired) electrons. The van der Waals surface area contributed by atoms with Crippen molar-refractivity contribution < 1.29 is 4.79 Å². The highest BCUT2D eigenvalue weighted by Gasteiger charge is 2.17. The summed E-state index contributed by atoms with van der Waals surface area (Å²) in [5.74, 6) is -0.00945. The van der Waals surface area contributed by atoms with Gasteiger partial charge in [0.15, 0.2) is 0 Å². The topological polar surface area (TPSA) is 58.4 Å². The van der Waals surface area contributed by atoms with Gasteiger partial charge in [-0.2, -0.15) is 0 Å². The smallest absolute Gasteiger partial charge is 0.251 e. The second kappa shape index (κ2) is 7.46. The number of piperidine rings is 1. The monoisotopic (exact) mass is 289 g/mol. The van der Waals surface area contributed by atoms with E-state index in [1.807, 2.05) is 13.0 Å². The van der Waals surface area contributed by atoms with Gasteiger partial charge in [0.25, 0.3) is 5.91 Å². The van der Waals surface area contributed by atoms with Crippen LogP contribution in [-0.4, -0.2) is 36.5 Å². The molecule has 1 aromatic rings. The summed E-state index contributed by atoms with van der Waals surface area (Å²) >= 11 is 0. The molecule has 1 aliphatic rings. The van der Waals surface area contributed by atoms with Crippen LogP contribution in [-0.2, 0) is 0 Å². The molecule has 1 aliphatic heterocycles. The van der Waals surface area contributed by atoms with Crippen LogP contribution in [0.1, 0.15) is 48.5 Å². The quantitative estimate of drug-likeness (QED) is 0.647. The number of anilines is 1. The molecule has 21 heavy (non-hydrogen) atoms. The number of benzene rings is 1. The Morgan fingerprint density at radius 1 is 1.43 bits per heavy atom. The fraction of sp³-hybridized carbons (Fsp3) is 0.588. The predicted molar refractivity (Wildman–Crippen MR) is 87.4 cm³/mol. The van der Waals surface area contributed by atoms with E-state index in [0.717, 1.165) is 30.8 Å². The van der Waals surface area contributed by atoms with Crippen molar-refractivity contribution in [3.8, 4) is 0 Å². The van der Waals surface area contributed by atoms with E-state index in [4.69, 9.17) is 5.73 Å². The lowest BCUT2D eigenvalue weighted by Crippen LogP contribution is -2.39. The maximum atomic E-state index is 12.1. The summed E-state index contributed by atoms with van der Waals surface area (Å²) in [4.78, 5) is 14.6. The summed E-state index contributed by atoms with van der Waals surface area (Å²) in [6.45, 7) is 7.22. The Kier molecular flexibility index (Phi) is 5.62. The second-order valence-corrected chi connectivity index (χ2v) is 6.06. The number of aryl methyl sites for hydroxylation is 1. The molecule has 1 saturated heterocycles. The number of nitrogen functional groups attached to an aromatic ring is 1. The van der Waals surface area contributed by atoms with E-state index in [1.165, 1.54) is 25.8 Å². The van der Waals surface area contributed by atoms with Gasteiger partial charge in [-0.25, -0.2) is 0 Å². The van der Waals surface area contributed by atoms with Gasteiger partial charge in [0.2, 0.25) is 0 Å². The van der Waals surface area contributed by atoms with E-state index in [1.54, 1.807) is 12.1 Å². The average molecular weight is 289 g/mol. The summed E-state index contributed by atoms with van der Waals surface area (Å²) in [6.07, 6.45) is 4.97. The zero-order valence-corrected chi connectivity index (χ0v) is 13.2. The molecule has 1 unspecified atom stereocenters. The molecule has 4 nitrogen and oxygen atoms in total. The van der Waals surface area contributed by atoms with Crippen molar-refractivity contribution in [3.05, 3.63) is 29.3 Å². The minimum Gasteiger partial charge on any atom is -0.399 e. The highest BCUT2D eigenvalue weighted by atomic mass is 16.1. The normalized spacial score (nSPS) is 19.4. The molecule has 0 aliphatic carbocycles. The molecule has 0 aromatic heterocycles. The van der Waals surface area contributed by atoms with E-state index < -0.39 is 0 Å². The van der Waals surface area contributed by atoms with Crippen molar-refractivity contribution >= 4 is 11.6 Å². The SMILES string of the molecule is Cc1cc(C(=O)NCCCN2CCCCC2C)ccc1N. The highest BCUT2D eigenvalue weighted by Crippen LogP contribution is 2.16. The zero-order valence-electron chi connectivity index (χ0n) is 13.2. The lowest BCUT2D eigenvalue weighted by Gasteiger charge is -2.33. The van der Waals surface area contributed by atoms with Gasteiger partial charge in [0, 0.05) is 30.4 Å². The van der Waals surface area contributed by atoms with Gasteiger partial charge < -0.3 is 16.0 Å². The van der Waals surface area contributed by atoms with Crippen molar-refractivity contribution in [2.75, 3.05) is 25.4 Å². The van der Waals surface area contributed by atoms with Crippen LogP contribution in [0.15, 0.2) is 18.2 Å². The van der Waals surface area contributed by atoms with Crippen LogP contribution in [0.5, 0.6) is 0 Å². The number of carbonyl (C=O) groups excluding carboxylic acids is 1. The molecular formula is C17H27N3O. The first kappa shape index (κ1) is 15.8. The Balaban J connectivity index is 1.72. The van der Waals surface area contributed by atoms with Crippen LogP contribution in [0, 0.1) is 6.92 Å². The summed E-state index contributed by atoms with van der Waals surface area (Å²) < 4.78 is 0. The van der Waals surface area contributed by atoms with Crippen molar-refractivity contribution in [2.24, 2.45) is 0 Å². The average Bonchev–Trinajstić information content (AvgIpc) is 2.48. The molecule has 0 bridgehead atoms. The molecule has 1 heterocycles. The molecule has 3 N–H and O–H groups in total. The van der Waals surface area contributed by atoms with Crippen LogP contribution < -0.4 is 11.1 Å². The van der Waals surface area contributed by atoms with Crippen LogP contribution in [0.3, 0.4) is 0 Å². The first-order chi connectivity index (χ1) is 10.1. The summed E-state index contributed by atoms with van der Waals surface area (Å²) in [5, 5.41) is 2.99. The van der Waals surface area contributed by atoms with Crippen molar-refractivity contribution in [1.29, 1.82) is 0 Å². The molecule has 2 rings (SSSR count). The maximum absolute atomic E-state index is 12.1. The third-order valence-electron chi connectivity index (χ3n) is 4.38. The molecule has 1 atom stereocenters. The van der Waals surface area contributed by atoms with Gasteiger partial charge in [-0.3, -0.25) is 4.79 Å². The predicted octanol–water partition coefficient (Wildman–Crippen LogP) is 2.57. The number of nitrogens with zero attached hydrogens (tertiary/aromatic N) is 1. The van der Waals surface area contributed by atoms with Gasteiger partial charge in [-0.05, 0) is 63.4 Å². The third-order valence-corrected chi connectivity index (χ3v) is 4.38. The lowest BCUT2D eigenvalue weighted by molar-refractivity contribution is 0.0949. The maximum Gasteiger partial charge on any atom is 0.251 e. The number of nitrogens with two attached hydrogens (primary N) is 1. The highest BCUT2D eigenvalue weighted by molar-refractivity contribution is 5.94. The summed E-state index contributed by atoms with van der Waals surface area (Å²) in [6, 6.07) is 6.11. The Morgan fingerprint density at radius 2 is 2.24 bits per heavy atom. The minimum atomic E-state index is -0.00945. The molecule has 1 amide bonds. The van der Waals surface area contributed by atoms with Gasteiger partial charge in [-0.15, -0.1) is 0 Å². The molecule has 0 spiro atoms. The number of rotatable bonds is 5. The number of amides is 1. The molecule has 1 aromatic carbocycles. The molecule has 0 saturated carbocycles. The molecule has 4 heteroatoms. The van der Waals surface area contributed by atoms with Crippen molar-refractivity contribution in [3.63, 3.8) is 0 Å². The van der Waals surface area contributed by atoms with Crippen molar-refractivity contribution in [1.82, 2.24) is 10.2 Å². The summed E-state index contributed by atoms with van der Waals surface area (Å²) in [5.41, 5.74) is 8.13. The van der Waals surface area contributed by atoms with Crippen LogP contribution in [0.25, 0.3) is 0 Å². The fourth-order valence-electron chi connectivity index (χ4n) is 2.89.